The van der Waals surface area contributed by atoms with Crippen molar-refractivity contribution in [1.82, 2.24) is 0 Å². The summed E-state index contributed by atoms with van der Waals surface area (Å²) in [6, 6.07) is 5.61. The summed E-state index contributed by atoms with van der Waals surface area (Å²) in [5.74, 6) is 0.932. The first kappa shape index (κ1) is 12.9. The van der Waals surface area contributed by atoms with Gasteiger partial charge in [-0.3, -0.25) is 4.79 Å². The smallest absolute Gasteiger partial charge is 0.186 e. The largest absolute Gasteiger partial charge is 0.497 e. The van der Waals surface area contributed by atoms with Gasteiger partial charge in [0.15, 0.2) is 5.78 Å². The number of hydrogen-bond donors (Lipinski definition) is 0. The van der Waals surface area contributed by atoms with Crippen LogP contribution in [0.5, 0.6) is 5.75 Å². The number of carbonyl (C=O) groups excluding carboxylic acids is 1. The lowest BCUT2D eigenvalue weighted by Gasteiger charge is -2.13. The summed E-state index contributed by atoms with van der Waals surface area (Å²) in [6.07, 6.45) is 7.75. The van der Waals surface area contributed by atoms with Crippen LogP contribution in [-0.4, -0.2) is 12.9 Å². The van der Waals surface area contributed by atoms with Gasteiger partial charge in [-0.05, 0) is 62.4 Å². The first-order valence-corrected chi connectivity index (χ1v) is 6.59. The molecule has 2 rings (SSSR count). The summed E-state index contributed by atoms with van der Waals surface area (Å²) in [6.45, 7) is 1.95. The van der Waals surface area contributed by atoms with Crippen LogP contribution in [0.15, 0.2) is 29.8 Å². The summed E-state index contributed by atoms with van der Waals surface area (Å²) in [5, 5.41) is 0. The molecule has 0 atom stereocenters. The Morgan fingerprint density at radius 2 is 1.94 bits per heavy atom. The maximum absolute atomic E-state index is 12.2. The Hall–Kier alpha value is -1.57. The third-order valence-corrected chi connectivity index (χ3v) is 3.53. The van der Waals surface area contributed by atoms with Gasteiger partial charge in [-0.1, -0.05) is 12.0 Å². The van der Waals surface area contributed by atoms with E-state index in [9.17, 15) is 4.79 Å². The Morgan fingerprint density at radius 3 is 2.56 bits per heavy atom. The van der Waals surface area contributed by atoms with E-state index in [2.05, 4.69) is 0 Å². The lowest BCUT2D eigenvalue weighted by atomic mass is 9.92. The van der Waals surface area contributed by atoms with Crippen LogP contribution in [0.25, 0.3) is 0 Å². The molecule has 2 heteroatoms. The SMILES string of the molecule is COc1ccc(C(=O)C=C2CCCCC2)c(C)c1. The van der Waals surface area contributed by atoms with E-state index in [1.165, 1.54) is 24.8 Å². The quantitative estimate of drug-likeness (QED) is 0.591. The average Bonchev–Trinajstić information content (AvgIpc) is 2.39. The molecule has 1 fully saturated rings. The van der Waals surface area contributed by atoms with Crippen LogP contribution in [0.4, 0.5) is 0 Å². The lowest BCUT2D eigenvalue weighted by Crippen LogP contribution is -2.02. The van der Waals surface area contributed by atoms with Gasteiger partial charge in [0.25, 0.3) is 0 Å². The van der Waals surface area contributed by atoms with Gasteiger partial charge in [0.05, 0.1) is 7.11 Å². The molecular formula is C16H20O2. The van der Waals surface area contributed by atoms with E-state index in [0.29, 0.717) is 0 Å². The third kappa shape index (κ3) is 3.00. The number of benzene rings is 1. The summed E-state index contributed by atoms with van der Waals surface area (Å²) < 4.78 is 5.15. The second-order valence-corrected chi connectivity index (χ2v) is 4.91. The van der Waals surface area contributed by atoms with E-state index in [0.717, 1.165) is 29.7 Å². The van der Waals surface area contributed by atoms with E-state index in [1.807, 2.05) is 31.2 Å². The number of aryl methyl sites for hydroxylation is 1. The van der Waals surface area contributed by atoms with Crippen LogP contribution in [0.2, 0.25) is 0 Å². The molecule has 1 aliphatic carbocycles. The zero-order valence-electron chi connectivity index (χ0n) is 11.2. The second-order valence-electron chi connectivity index (χ2n) is 4.91. The number of carbonyl (C=O) groups is 1. The molecule has 0 aromatic heterocycles. The van der Waals surface area contributed by atoms with E-state index in [-0.39, 0.29) is 5.78 Å². The molecule has 0 aliphatic heterocycles. The van der Waals surface area contributed by atoms with Crippen molar-refractivity contribution in [1.29, 1.82) is 0 Å². The molecule has 0 unspecified atom stereocenters. The number of rotatable bonds is 3. The Bertz CT molecular complexity index is 464. The van der Waals surface area contributed by atoms with Gasteiger partial charge in [-0.15, -0.1) is 0 Å². The Kier molecular flexibility index (Phi) is 4.19. The molecule has 1 aliphatic rings. The summed E-state index contributed by atoms with van der Waals surface area (Å²) in [4.78, 5) is 12.2. The van der Waals surface area contributed by atoms with Crippen molar-refractivity contribution >= 4 is 5.78 Å². The fraction of sp³-hybridized carbons (Fsp3) is 0.438. The fourth-order valence-electron chi connectivity index (χ4n) is 2.45. The fourth-order valence-corrected chi connectivity index (χ4v) is 2.45. The van der Waals surface area contributed by atoms with Crippen molar-refractivity contribution < 1.29 is 9.53 Å². The van der Waals surface area contributed by atoms with Crippen LogP contribution < -0.4 is 4.74 Å². The van der Waals surface area contributed by atoms with Crippen molar-refractivity contribution in [2.45, 2.75) is 39.0 Å². The molecule has 96 valence electrons. The van der Waals surface area contributed by atoms with Gasteiger partial charge in [-0.25, -0.2) is 0 Å². The topological polar surface area (TPSA) is 26.3 Å². The molecule has 1 saturated carbocycles. The highest BCUT2D eigenvalue weighted by Crippen LogP contribution is 2.24. The molecular weight excluding hydrogens is 224 g/mol. The van der Waals surface area contributed by atoms with Crippen molar-refractivity contribution in [2.75, 3.05) is 7.11 Å². The van der Waals surface area contributed by atoms with Crippen LogP contribution in [0.3, 0.4) is 0 Å². The molecule has 1 aromatic carbocycles. The van der Waals surface area contributed by atoms with Gasteiger partial charge in [0, 0.05) is 5.56 Å². The van der Waals surface area contributed by atoms with Crippen LogP contribution in [-0.2, 0) is 0 Å². The zero-order valence-corrected chi connectivity index (χ0v) is 11.2. The van der Waals surface area contributed by atoms with Gasteiger partial charge in [-0.2, -0.15) is 0 Å². The maximum atomic E-state index is 12.2. The second kappa shape index (κ2) is 5.85. The van der Waals surface area contributed by atoms with E-state index in [4.69, 9.17) is 4.74 Å². The molecule has 0 radical (unpaired) electrons. The maximum Gasteiger partial charge on any atom is 0.186 e. The number of ketones is 1. The van der Waals surface area contributed by atoms with Crippen molar-refractivity contribution in [3.63, 3.8) is 0 Å². The van der Waals surface area contributed by atoms with Gasteiger partial charge in [0.1, 0.15) is 5.75 Å². The number of ether oxygens (including phenoxy) is 1. The minimum atomic E-state index is 0.132. The van der Waals surface area contributed by atoms with Crippen LogP contribution in [0, 0.1) is 6.92 Å². The monoisotopic (exact) mass is 244 g/mol. The minimum Gasteiger partial charge on any atom is -0.497 e. The molecule has 2 nitrogen and oxygen atoms in total. The summed E-state index contributed by atoms with van der Waals surface area (Å²) in [7, 11) is 1.64. The van der Waals surface area contributed by atoms with Gasteiger partial charge < -0.3 is 4.74 Å². The zero-order chi connectivity index (χ0) is 13.0. The van der Waals surface area contributed by atoms with Gasteiger partial charge in [0.2, 0.25) is 0 Å². The molecule has 0 amide bonds. The van der Waals surface area contributed by atoms with Crippen molar-refractivity contribution in [3.05, 3.63) is 41.0 Å². The first-order valence-electron chi connectivity index (χ1n) is 6.59. The molecule has 0 heterocycles. The Balaban J connectivity index is 2.18. The highest BCUT2D eigenvalue weighted by Gasteiger charge is 2.11. The molecule has 1 aromatic rings. The van der Waals surface area contributed by atoms with Crippen LogP contribution >= 0.6 is 0 Å². The number of allylic oxidation sites excluding steroid dienone is 2. The van der Waals surface area contributed by atoms with Crippen molar-refractivity contribution in [2.24, 2.45) is 0 Å². The van der Waals surface area contributed by atoms with E-state index < -0.39 is 0 Å². The molecule has 0 spiro atoms. The Labute approximate surface area is 109 Å². The molecule has 0 bridgehead atoms. The molecule has 0 N–H and O–H groups in total. The predicted octanol–water partition coefficient (Wildman–Crippen LogP) is 4.08. The summed E-state index contributed by atoms with van der Waals surface area (Å²) >= 11 is 0. The van der Waals surface area contributed by atoms with E-state index in [1.54, 1.807) is 7.11 Å². The average molecular weight is 244 g/mol. The van der Waals surface area contributed by atoms with E-state index >= 15 is 0 Å². The highest BCUT2D eigenvalue weighted by atomic mass is 16.5. The lowest BCUT2D eigenvalue weighted by molar-refractivity contribution is 0.104. The van der Waals surface area contributed by atoms with Crippen molar-refractivity contribution in [3.8, 4) is 5.75 Å². The predicted molar refractivity (Wildman–Crippen MR) is 73.2 cm³/mol. The number of methoxy groups -OCH3 is 1. The number of hydrogen-bond acceptors (Lipinski definition) is 2. The summed E-state index contributed by atoms with van der Waals surface area (Å²) in [5.41, 5.74) is 3.07. The molecule has 0 saturated heterocycles. The third-order valence-electron chi connectivity index (χ3n) is 3.53. The Morgan fingerprint density at radius 1 is 1.22 bits per heavy atom. The minimum absolute atomic E-state index is 0.132. The highest BCUT2D eigenvalue weighted by molar-refractivity contribution is 6.06. The normalized spacial score (nSPS) is 15.3. The standard InChI is InChI=1S/C16H20O2/c1-12-10-14(18-2)8-9-15(12)16(17)11-13-6-4-3-5-7-13/h8-11H,3-7H2,1-2H3. The first-order chi connectivity index (χ1) is 8.70. The molecule has 18 heavy (non-hydrogen) atoms. The van der Waals surface area contributed by atoms with Gasteiger partial charge >= 0.3 is 0 Å². The van der Waals surface area contributed by atoms with Crippen LogP contribution in [0.1, 0.15) is 48.0 Å².